The predicted molar refractivity (Wildman–Crippen MR) is 136 cm³/mol. The number of nitrogens with one attached hydrogen (secondary N) is 5. The molecule has 3 saturated heterocycles. The molecule has 3 heterocycles. The van der Waals surface area contributed by atoms with Gasteiger partial charge in [-0.05, 0) is 30.7 Å². The minimum atomic E-state index is -4.55. The zero-order valence-corrected chi connectivity index (χ0v) is 22.2. The average molecular weight is 570 g/mol. The van der Waals surface area contributed by atoms with Gasteiger partial charge in [0.25, 0.3) is 0 Å². The van der Waals surface area contributed by atoms with Gasteiger partial charge in [0.2, 0.25) is 5.96 Å². The van der Waals surface area contributed by atoms with Crippen LogP contribution in [0.15, 0.2) is 24.3 Å². The van der Waals surface area contributed by atoms with Gasteiger partial charge in [-0.15, -0.1) is 0 Å². The lowest BCUT2D eigenvalue weighted by Crippen LogP contribution is -2.76. The summed E-state index contributed by atoms with van der Waals surface area (Å²) in [6.07, 6.45) is -2.13. The quantitative estimate of drug-likeness (QED) is 0.194. The summed E-state index contributed by atoms with van der Waals surface area (Å²) in [5.41, 5.74) is -2.42. The summed E-state index contributed by atoms with van der Waals surface area (Å²) in [5.74, 6) is -2.04. The second kappa shape index (κ2) is 11.4. The average Bonchev–Trinajstić information content (AvgIpc) is 3.35. The summed E-state index contributed by atoms with van der Waals surface area (Å²) < 4.78 is 49.7. The molecule has 15 heteroatoms. The number of halogens is 3. The highest BCUT2D eigenvalue weighted by molar-refractivity contribution is 5.90. The summed E-state index contributed by atoms with van der Waals surface area (Å²) in [7, 11) is 0. The first-order chi connectivity index (χ1) is 18.9. The van der Waals surface area contributed by atoms with Crippen molar-refractivity contribution in [2.24, 2.45) is 5.92 Å². The number of hydrogen-bond donors (Lipinski definition) is 6. The number of amides is 1. The molecule has 0 saturated carbocycles. The molecule has 0 aliphatic carbocycles. The molecule has 3 aliphatic heterocycles. The Hall–Kier alpha value is -3.75. The number of nitrogens with zero attached hydrogens (tertiary/aromatic N) is 2. The van der Waals surface area contributed by atoms with Gasteiger partial charge < -0.3 is 30.3 Å². The van der Waals surface area contributed by atoms with E-state index in [1.54, 1.807) is 6.92 Å². The Morgan fingerprint density at radius 3 is 2.50 bits per heavy atom. The first-order valence-corrected chi connectivity index (χ1v) is 13.2. The Bertz CT molecular complexity index is 1130. The number of alkyl halides is 3. The van der Waals surface area contributed by atoms with Crippen molar-refractivity contribution in [1.29, 1.82) is 10.8 Å². The molecule has 12 nitrogen and oxygen atoms in total. The zero-order valence-electron chi connectivity index (χ0n) is 22.2. The second-order valence-electron chi connectivity index (χ2n) is 10.2. The van der Waals surface area contributed by atoms with Crippen LogP contribution < -0.4 is 16.0 Å². The van der Waals surface area contributed by atoms with Gasteiger partial charge in [-0.1, -0.05) is 33.1 Å². The molecule has 0 bridgehead atoms. The lowest BCUT2D eigenvalue weighted by molar-refractivity contribution is -0.170. The molecule has 4 unspecified atom stereocenters. The van der Waals surface area contributed by atoms with Gasteiger partial charge in [-0.25, -0.2) is 9.59 Å². The van der Waals surface area contributed by atoms with E-state index in [4.69, 9.17) is 20.3 Å². The lowest BCUT2D eigenvalue weighted by Gasteiger charge is -2.51. The van der Waals surface area contributed by atoms with Crippen LogP contribution in [0.4, 0.5) is 18.0 Å². The number of rotatable bonds is 9. The number of unbranched alkanes of at least 4 members (excludes halogenated alkanes) is 3. The Morgan fingerprint density at radius 2 is 1.85 bits per heavy atom. The molecular formula is C25H34F3N7O5. The van der Waals surface area contributed by atoms with Gasteiger partial charge in [-0.3, -0.25) is 16.0 Å². The fourth-order valence-electron chi connectivity index (χ4n) is 5.63. The van der Waals surface area contributed by atoms with Crippen molar-refractivity contribution in [1.82, 2.24) is 25.9 Å². The highest BCUT2D eigenvalue weighted by atomic mass is 19.4. The molecule has 3 aliphatic rings. The SMILES string of the molecule is CCCCCCNC(=O)OCC1NC(=N)N2C[C@H](OC(=O)c3ccc(C(F)(F)F)cc3)C(C)C23C1NC(=N)N3O. The van der Waals surface area contributed by atoms with Gasteiger partial charge in [0, 0.05) is 12.5 Å². The molecule has 220 valence electrons. The maximum atomic E-state index is 12.9. The zero-order chi connectivity index (χ0) is 29.2. The molecule has 1 aromatic rings. The van der Waals surface area contributed by atoms with E-state index in [9.17, 15) is 28.0 Å². The van der Waals surface area contributed by atoms with Crippen molar-refractivity contribution in [3.63, 3.8) is 0 Å². The third-order valence-electron chi connectivity index (χ3n) is 7.72. The largest absolute Gasteiger partial charge is 0.456 e. The second-order valence-corrected chi connectivity index (χ2v) is 10.2. The highest BCUT2D eigenvalue weighted by Gasteiger charge is 2.70. The van der Waals surface area contributed by atoms with E-state index in [0.717, 1.165) is 49.9 Å². The van der Waals surface area contributed by atoms with Gasteiger partial charge in [0.15, 0.2) is 11.6 Å². The molecule has 3 fully saturated rings. The fraction of sp³-hybridized carbons (Fsp3) is 0.600. The number of carbonyl (C=O) groups is 2. The first-order valence-electron chi connectivity index (χ1n) is 13.2. The lowest BCUT2D eigenvalue weighted by atomic mass is 9.82. The number of benzene rings is 1. The van der Waals surface area contributed by atoms with Crippen molar-refractivity contribution >= 4 is 24.0 Å². The van der Waals surface area contributed by atoms with Crippen molar-refractivity contribution in [2.45, 2.75) is 69.6 Å². The van der Waals surface area contributed by atoms with Gasteiger partial charge in [-0.2, -0.15) is 18.2 Å². The molecule has 1 spiro atoms. The molecule has 0 aromatic heterocycles. The van der Waals surface area contributed by atoms with E-state index < -0.39 is 53.6 Å². The van der Waals surface area contributed by atoms with E-state index >= 15 is 0 Å². The number of hydrogen-bond acceptors (Lipinski definition) is 7. The van der Waals surface area contributed by atoms with Crippen LogP contribution in [0.25, 0.3) is 0 Å². The van der Waals surface area contributed by atoms with Crippen LogP contribution in [0, 0.1) is 16.7 Å². The smallest absolute Gasteiger partial charge is 0.416 e. The number of alkyl carbamates (subject to hydrolysis) is 1. The number of carbonyl (C=O) groups excluding carboxylic acids is 2. The van der Waals surface area contributed by atoms with Crippen LogP contribution in [0.3, 0.4) is 0 Å². The third kappa shape index (κ3) is 5.33. The van der Waals surface area contributed by atoms with Gasteiger partial charge in [0.05, 0.1) is 29.8 Å². The van der Waals surface area contributed by atoms with E-state index in [2.05, 4.69) is 22.9 Å². The Balaban J connectivity index is 1.46. The highest BCUT2D eigenvalue weighted by Crippen LogP contribution is 2.46. The summed E-state index contributed by atoms with van der Waals surface area (Å²) in [5, 5.41) is 37.0. The van der Waals surface area contributed by atoms with Crippen LogP contribution in [-0.4, -0.2) is 82.7 Å². The monoisotopic (exact) mass is 569 g/mol. The van der Waals surface area contributed by atoms with E-state index in [1.165, 1.54) is 4.90 Å². The molecule has 40 heavy (non-hydrogen) atoms. The predicted octanol–water partition coefficient (Wildman–Crippen LogP) is 2.69. The van der Waals surface area contributed by atoms with Crippen molar-refractivity contribution in [3.8, 4) is 0 Å². The summed E-state index contributed by atoms with van der Waals surface area (Å²) in [4.78, 5) is 26.5. The molecule has 1 amide bonds. The van der Waals surface area contributed by atoms with Crippen molar-refractivity contribution in [2.75, 3.05) is 19.7 Å². The topological polar surface area (TPSA) is 163 Å². The number of hydroxylamine groups is 2. The summed E-state index contributed by atoms with van der Waals surface area (Å²) >= 11 is 0. The number of ether oxygens (including phenoxy) is 2. The third-order valence-corrected chi connectivity index (χ3v) is 7.72. The van der Waals surface area contributed by atoms with Crippen LogP contribution in [-0.2, 0) is 15.7 Å². The number of guanidine groups is 2. The normalized spacial score (nSPS) is 27.4. The summed E-state index contributed by atoms with van der Waals surface area (Å²) in [6.45, 7) is 4.02. The van der Waals surface area contributed by atoms with Crippen LogP contribution >= 0.6 is 0 Å². The molecular weight excluding hydrogens is 535 g/mol. The molecule has 0 radical (unpaired) electrons. The Kier molecular flexibility index (Phi) is 8.33. The maximum absolute atomic E-state index is 12.9. The van der Waals surface area contributed by atoms with Crippen molar-refractivity contribution < 1.29 is 37.4 Å². The van der Waals surface area contributed by atoms with Crippen molar-refractivity contribution in [3.05, 3.63) is 35.4 Å². The molecule has 1 aromatic carbocycles. The minimum Gasteiger partial charge on any atom is -0.456 e. The summed E-state index contributed by atoms with van der Waals surface area (Å²) in [6, 6.07) is 2.14. The Labute approximate surface area is 229 Å². The number of esters is 1. The Morgan fingerprint density at radius 1 is 1.15 bits per heavy atom. The van der Waals surface area contributed by atoms with E-state index in [0.29, 0.717) is 11.6 Å². The van der Waals surface area contributed by atoms with E-state index in [-0.39, 0.29) is 30.6 Å². The molecule has 5 atom stereocenters. The molecule has 4 rings (SSSR count). The maximum Gasteiger partial charge on any atom is 0.416 e. The minimum absolute atomic E-state index is 0.0340. The van der Waals surface area contributed by atoms with Crippen LogP contribution in [0.1, 0.15) is 55.5 Å². The van der Waals surface area contributed by atoms with Crippen LogP contribution in [0.5, 0.6) is 0 Å². The van der Waals surface area contributed by atoms with Gasteiger partial charge >= 0.3 is 18.2 Å². The van der Waals surface area contributed by atoms with Gasteiger partial charge in [0.1, 0.15) is 12.7 Å². The molecule has 6 N–H and O–H groups in total. The first kappa shape index (κ1) is 29.2. The standard InChI is InChI=1S/C25H34F3N7O5/c1-3-4-5-6-11-31-23(37)39-13-17-19-24(35(38)22(30)33-19)14(2)18(12-34(24)21(29)32-17)40-20(36)15-7-9-16(10-8-15)25(26,27)28/h7-10,14,17-19,38H,3-6,11-13H2,1-2H3,(H2,29,32)(H2,30,33)(H,31,37)/t14?,17?,18-,19?,24?/m0/s1. The fourth-order valence-corrected chi connectivity index (χ4v) is 5.63. The van der Waals surface area contributed by atoms with Crippen LogP contribution in [0.2, 0.25) is 0 Å². The van der Waals surface area contributed by atoms with E-state index in [1.807, 2.05) is 0 Å².